The first-order valence-electron chi connectivity index (χ1n) is 8.65. The van der Waals surface area contributed by atoms with Crippen molar-refractivity contribution in [3.8, 4) is 5.75 Å². The number of pyridine rings is 1. The molecule has 0 spiro atoms. The van der Waals surface area contributed by atoms with E-state index in [-0.39, 0.29) is 12.5 Å². The Bertz CT molecular complexity index is 673. The predicted octanol–water partition coefficient (Wildman–Crippen LogP) is 1.95. The van der Waals surface area contributed by atoms with Gasteiger partial charge in [-0.1, -0.05) is 18.2 Å². The van der Waals surface area contributed by atoms with Gasteiger partial charge >= 0.3 is 0 Å². The summed E-state index contributed by atoms with van der Waals surface area (Å²) in [4.78, 5) is 18.5. The van der Waals surface area contributed by atoms with Crippen LogP contribution in [0.2, 0.25) is 0 Å². The zero-order valence-electron chi connectivity index (χ0n) is 14.6. The summed E-state index contributed by atoms with van der Waals surface area (Å²) < 4.78 is 16.2. The minimum atomic E-state index is -0.217. The van der Waals surface area contributed by atoms with Gasteiger partial charge in [0.15, 0.2) is 0 Å². The maximum atomic E-state index is 11.9. The van der Waals surface area contributed by atoms with Crippen LogP contribution in [0.1, 0.15) is 0 Å². The Morgan fingerprint density at radius 2 is 1.92 bits per heavy atom. The van der Waals surface area contributed by atoms with Crippen LogP contribution in [0.4, 0.5) is 11.5 Å². The molecular formula is C19H23N3O4. The van der Waals surface area contributed by atoms with Crippen LogP contribution < -0.4 is 15.0 Å². The van der Waals surface area contributed by atoms with Gasteiger partial charge in [0.2, 0.25) is 5.91 Å². The van der Waals surface area contributed by atoms with Crippen LogP contribution in [-0.2, 0) is 14.3 Å². The fourth-order valence-corrected chi connectivity index (χ4v) is 2.54. The number of aromatic nitrogens is 1. The van der Waals surface area contributed by atoms with Crippen molar-refractivity contribution in [2.75, 3.05) is 56.3 Å². The molecule has 1 saturated heterocycles. The molecule has 1 aliphatic heterocycles. The molecule has 138 valence electrons. The summed E-state index contributed by atoms with van der Waals surface area (Å²) in [5.74, 6) is 1.46. The molecular weight excluding hydrogens is 334 g/mol. The quantitative estimate of drug-likeness (QED) is 0.728. The molecule has 0 saturated carbocycles. The number of nitrogens with one attached hydrogen (secondary N) is 1. The number of para-hydroxylation sites is 1. The Labute approximate surface area is 152 Å². The third-order valence-corrected chi connectivity index (χ3v) is 3.84. The van der Waals surface area contributed by atoms with Gasteiger partial charge in [0.25, 0.3) is 0 Å². The zero-order valence-corrected chi connectivity index (χ0v) is 14.6. The number of carbonyl (C=O) groups is 1. The summed E-state index contributed by atoms with van der Waals surface area (Å²) >= 11 is 0. The van der Waals surface area contributed by atoms with Crippen molar-refractivity contribution in [2.24, 2.45) is 0 Å². The maximum Gasteiger partial charge on any atom is 0.250 e. The molecule has 1 aliphatic rings. The van der Waals surface area contributed by atoms with Gasteiger partial charge in [-0.25, -0.2) is 4.98 Å². The molecule has 1 aromatic carbocycles. The van der Waals surface area contributed by atoms with Crippen molar-refractivity contribution >= 4 is 17.4 Å². The molecule has 26 heavy (non-hydrogen) atoms. The topological polar surface area (TPSA) is 72.9 Å². The van der Waals surface area contributed by atoms with Gasteiger partial charge in [-0.05, 0) is 24.3 Å². The highest BCUT2D eigenvalue weighted by Gasteiger charge is 2.12. The fraction of sp³-hybridized carbons (Fsp3) is 0.368. The van der Waals surface area contributed by atoms with Crippen molar-refractivity contribution in [1.29, 1.82) is 0 Å². The Morgan fingerprint density at radius 1 is 1.12 bits per heavy atom. The first-order chi connectivity index (χ1) is 12.8. The van der Waals surface area contributed by atoms with E-state index in [1.165, 1.54) is 0 Å². The first kappa shape index (κ1) is 18.2. The van der Waals surface area contributed by atoms with E-state index in [0.717, 1.165) is 24.7 Å². The lowest BCUT2D eigenvalue weighted by Gasteiger charge is -2.27. The minimum Gasteiger partial charge on any atom is -0.491 e. The van der Waals surface area contributed by atoms with Gasteiger partial charge in [0.1, 0.15) is 24.8 Å². The van der Waals surface area contributed by atoms with Crippen molar-refractivity contribution in [1.82, 2.24) is 4.98 Å². The maximum absolute atomic E-state index is 11.9. The number of anilines is 2. The molecule has 0 radical (unpaired) electrons. The van der Waals surface area contributed by atoms with Gasteiger partial charge in [0, 0.05) is 13.1 Å². The van der Waals surface area contributed by atoms with Gasteiger partial charge in [0.05, 0.1) is 31.7 Å². The summed E-state index contributed by atoms with van der Waals surface area (Å²) in [5, 5.41) is 2.77. The lowest BCUT2D eigenvalue weighted by Crippen LogP contribution is -2.36. The number of amides is 1. The van der Waals surface area contributed by atoms with Crippen molar-refractivity contribution in [2.45, 2.75) is 0 Å². The van der Waals surface area contributed by atoms with E-state index >= 15 is 0 Å². The van der Waals surface area contributed by atoms with E-state index in [0.29, 0.717) is 32.1 Å². The summed E-state index contributed by atoms with van der Waals surface area (Å²) in [6.45, 7) is 3.80. The van der Waals surface area contributed by atoms with Crippen LogP contribution in [0.15, 0.2) is 48.7 Å². The molecule has 7 heteroatoms. The summed E-state index contributed by atoms with van der Waals surface area (Å²) in [6, 6.07) is 13.2. The van der Waals surface area contributed by atoms with Crippen LogP contribution in [-0.4, -0.2) is 57.0 Å². The molecule has 1 N–H and O–H groups in total. The number of rotatable bonds is 8. The molecule has 0 aliphatic carbocycles. The number of nitrogens with zero attached hydrogens (tertiary/aromatic N) is 2. The van der Waals surface area contributed by atoms with E-state index in [4.69, 9.17) is 14.2 Å². The van der Waals surface area contributed by atoms with Crippen LogP contribution in [0, 0.1) is 0 Å². The largest absolute Gasteiger partial charge is 0.491 e. The van der Waals surface area contributed by atoms with Crippen molar-refractivity contribution in [3.63, 3.8) is 0 Å². The average Bonchev–Trinajstić information content (AvgIpc) is 2.70. The van der Waals surface area contributed by atoms with Crippen LogP contribution in [0.25, 0.3) is 0 Å². The Balaban J connectivity index is 1.34. The lowest BCUT2D eigenvalue weighted by molar-refractivity contribution is -0.120. The van der Waals surface area contributed by atoms with Gasteiger partial charge in [-0.15, -0.1) is 0 Å². The molecule has 0 unspecified atom stereocenters. The molecule has 1 fully saturated rings. The highest BCUT2D eigenvalue weighted by molar-refractivity contribution is 5.91. The van der Waals surface area contributed by atoms with Gasteiger partial charge in [-0.2, -0.15) is 0 Å². The van der Waals surface area contributed by atoms with E-state index in [2.05, 4.69) is 15.2 Å². The second kappa shape index (κ2) is 9.74. The summed E-state index contributed by atoms with van der Waals surface area (Å²) in [6.07, 6.45) is 1.65. The molecule has 2 aromatic rings. The summed E-state index contributed by atoms with van der Waals surface area (Å²) in [5.41, 5.74) is 0.649. The van der Waals surface area contributed by atoms with Crippen molar-refractivity contribution in [3.05, 3.63) is 48.7 Å². The summed E-state index contributed by atoms with van der Waals surface area (Å²) in [7, 11) is 0. The average molecular weight is 357 g/mol. The van der Waals surface area contributed by atoms with Gasteiger partial charge in [-0.3, -0.25) is 4.79 Å². The third kappa shape index (κ3) is 5.72. The van der Waals surface area contributed by atoms with Crippen LogP contribution in [0.3, 0.4) is 0 Å². The molecule has 3 rings (SSSR count). The number of morpholine rings is 1. The van der Waals surface area contributed by atoms with Crippen LogP contribution in [0.5, 0.6) is 5.75 Å². The minimum absolute atomic E-state index is 0.0244. The molecule has 0 atom stereocenters. The molecule has 1 aromatic heterocycles. The second-order valence-electron chi connectivity index (χ2n) is 5.77. The predicted molar refractivity (Wildman–Crippen MR) is 98.7 cm³/mol. The second-order valence-corrected chi connectivity index (χ2v) is 5.77. The first-order valence-corrected chi connectivity index (χ1v) is 8.65. The zero-order chi connectivity index (χ0) is 18.0. The number of hydrogen-bond donors (Lipinski definition) is 1. The standard InChI is InChI=1S/C19H23N3O4/c23-19(15-25-12-13-26-17-4-2-1-3-5-17)21-16-6-7-18(20-14-16)22-8-10-24-11-9-22/h1-7,14H,8-13,15H2,(H,21,23). The number of carbonyl (C=O) groups excluding carboxylic acids is 1. The molecule has 1 amide bonds. The highest BCUT2D eigenvalue weighted by Crippen LogP contribution is 2.15. The number of hydrogen-bond acceptors (Lipinski definition) is 6. The fourth-order valence-electron chi connectivity index (χ4n) is 2.54. The van der Waals surface area contributed by atoms with E-state index in [9.17, 15) is 4.79 Å². The van der Waals surface area contributed by atoms with Crippen molar-refractivity contribution < 1.29 is 19.0 Å². The Morgan fingerprint density at radius 3 is 2.65 bits per heavy atom. The lowest BCUT2D eigenvalue weighted by atomic mass is 10.3. The molecule has 0 bridgehead atoms. The van der Waals surface area contributed by atoms with E-state index in [1.54, 1.807) is 6.20 Å². The van der Waals surface area contributed by atoms with E-state index in [1.807, 2.05) is 42.5 Å². The molecule has 2 heterocycles. The normalized spacial score (nSPS) is 14.1. The Hall–Kier alpha value is -2.64. The number of ether oxygens (including phenoxy) is 3. The third-order valence-electron chi connectivity index (χ3n) is 3.84. The van der Waals surface area contributed by atoms with Crippen LogP contribution >= 0.6 is 0 Å². The van der Waals surface area contributed by atoms with E-state index < -0.39 is 0 Å². The Kier molecular flexibility index (Phi) is 6.80. The molecule has 7 nitrogen and oxygen atoms in total. The SMILES string of the molecule is O=C(COCCOc1ccccc1)Nc1ccc(N2CCOCC2)nc1. The smallest absolute Gasteiger partial charge is 0.250 e. The number of benzene rings is 1. The monoisotopic (exact) mass is 357 g/mol. The highest BCUT2D eigenvalue weighted by atomic mass is 16.5. The van der Waals surface area contributed by atoms with Gasteiger partial charge < -0.3 is 24.4 Å².